The summed E-state index contributed by atoms with van der Waals surface area (Å²) in [5, 5.41) is 8.63. The summed E-state index contributed by atoms with van der Waals surface area (Å²) in [6, 6.07) is 19.4. The van der Waals surface area contributed by atoms with Gasteiger partial charge in [-0.3, -0.25) is 9.69 Å². The van der Waals surface area contributed by atoms with Gasteiger partial charge in [-0.15, -0.1) is 18.3 Å². The fraction of sp³-hybridized carbons (Fsp3) is 0.281. The van der Waals surface area contributed by atoms with Gasteiger partial charge < -0.3 is 10.1 Å². The van der Waals surface area contributed by atoms with E-state index in [4.69, 9.17) is 12.2 Å². The maximum absolute atomic E-state index is 12.7. The Morgan fingerprint density at radius 1 is 1.09 bits per heavy atom. The van der Waals surface area contributed by atoms with Crippen molar-refractivity contribution in [2.75, 3.05) is 17.2 Å². The summed E-state index contributed by atoms with van der Waals surface area (Å²) in [6.45, 7) is 4.74. The van der Waals surface area contributed by atoms with E-state index in [-0.39, 0.29) is 11.7 Å². The molecule has 234 valence electrons. The highest BCUT2D eigenvalue weighted by molar-refractivity contribution is 8.15. The lowest BCUT2D eigenvalue weighted by atomic mass is 10.0. The number of nitrogens with one attached hydrogen (secondary N) is 1. The van der Waals surface area contributed by atoms with Gasteiger partial charge in [0.25, 0.3) is 0 Å². The van der Waals surface area contributed by atoms with E-state index in [1.54, 1.807) is 4.90 Å². The molecule has 0 bridgehead atoms. The molecule has 1 aliphatic heterocycles. The first-order chi connectivity index (χ1) is 21.6. The number of thiocarbonyl (C=S) groups is 1. The fourth-order valence-corrected chi connectivity index (χ4v) is 6.01. The average Bonchev–Trinajstić information content (AvgIpc) is 3.64. The molecule has 45 heavy (non-hydrogen) atoms. The minimum atomic E-state index is -4.74. The number of hydrogen-bond donors (Lipinski definition) is 1. The molecule has 0 radical (unpaired) electrons. The largest absolute Gasteiger partial charge is 0.573 e. The van der Waals surface area contributed by atoms with Crippen LogP contribution < -0.4 is 15.0 Å². The second-order valence-electron chi connectivity index (χ2n) is 10.3. The van der Waals surface area contributed by atoms with Crippen molar-refractivity contribution in [3.8, 4) is 22.8 Å². The molecule has 0 unspecified atom stereocenters. The van der Waals surface area contributed by atoms with Gasteiger partial charge in [-0.25, -0.2) is 9.67 Å². The van der Waals surface area contributed by atoms with Gasteiger partial charge in [0, 0.05) is 12.1 Å². The van der Waals surface area contributed by atoms with Crippen molar-refractivity contribution in [2.45, 2.75) is 45.9 Å². The van der Waals surface area contributed by atoms with Crippen molar-refractivity contribution in [1.29, 1.82) is 0 Å². The standard InChI is InChI=1S/C32H31F3N6O2S2/c1-3-23-9-6-7-21(2)28(23)41-27(42)19-45-31(41)38-30(44)36-18-5-4-8-22-10-12-24(13-11-22)29-37-20-40(39-29)25-14-16-26(17-15-25)43-32(33,34)35/h6-7,9-17,20H,3-5,8,18-19H2,1-2H3,(H,36,44)/b38-31-. The molecule has 3 aromatic carbocycles. The smallest absolute Gasteiger partial charge is 0.406 e. The second kappa shape index (κ2) is 14.2. The number of para-hydroxylation sites is 1. The van der Waals surface area contributed by atoms with E-state index in [0.717, 1.165) is 48.1 Å². The fourth-order valence-electron chi connectivity index (χ4n) is 4.91. The lowest BCUT2D eigenvalue weighted by Gasteiger charge is -2.22. The molecular weight excluding hydrogens is 622 g/mol. The van der Waals surface area contributed by atoms with Crippen LogP contribution in [0, 0.1) is 6.92 Å². The number of aromatic nitrogens is 3. The van der Waals surface area contributed by atoms with Crippen LogP contribution in [0.3, 0.4) is 0 Å². The number of amidine groups is 1. The summed E-state index contributed by atoms with van der Waals surface area (Å²) in [5.74, 6) is 0.554. The SMILES string of the molecule is CCc1cccc(C)c1N1C(=O)CS/C1=N\C(=S)NCCCCc1ccc(-c2ncn(-c3ccc(OC(F)(F)F)cc3)n2)cc1. The minimum absolute atomic E-state index is 0.00819. The molecule has 0 spiro atoms. The minimum Gasteiger partial charge on any atom is -0.406 e. The molecule has 1 N–H and O–H groups in total. The highest BCUT2D eigenvalue weighted by Crippen LogP contribution is 2.33. The van der Waals surface area contributed by atoms with Gasteiger partial charge in [-0.1, -0.05) is 61.2 Å². The van der Waals surface area contributed by atoms with E-state index in [1.165, 1.54) is 52.6 Å². The van der Waals surface area contributed by atoms with Gasteiger partial charge in [0.2, 0.25) is 5.91 Å². The van der Waals surface area contributed by atoms with Gasteiger partial charge >= 0.3 is 6.36 Å². The molecule has 1 aliphatic rings. The van der Waals surface area contributed by atoms with Crippen molar-refractivity contribution < 1.29 is 22.7 Å². The number of ether oxygens (including phenoxy) is 1. The zero-order valence-corrected chi connectivity index (χ0v) is 26.3. The number of carbonyl (C=O) groups is 1. The first kappa shape index (κ1) is 32.2. The summed E-state index contributed by atoms with van der Waals surface area (Å²) in [6.07, 6.45) is 0.291. The first-order valence-electron chi connectivity index (χ1n) is 14.4. The van der Waals surface area contributed by atoms with Crippen molar-refractivity contribution in [3.63, 3.8) is 0 Å². The molecular formula is C32H31F3N6O2S2. The number of thioether (sulfide) groups is 1. The number of unbranched alkanes of at least 4 members (excludes halogenated alkanes) is 1. The molecule has 4 aromatic rings. The van der Waals surface area contributed by atoms with Gasteiger partial charge in [0.1, 0.15) is 12.1 Å². The molecule has 13 heteroatoms. The summed E-state index contributed by atoms with van der Waals surface area (Å²) in [7, 11) is 0. The van der Waals surface area contributed by atoms with Crippen LogP contribution >= 0.6 is 24.0 Å². The van der Waals surface area contributed by atoms with Crippen LogP contribution in [0.5, 0.6) is 5.75 Å². The highest BCUT2D eigenvalue weighted by Gasteiger charge is 2.32. The van der Waals surface area contributed by atoms with Gasteiger partial charge in [-0.05, 0) is 85.8 Å². The highest BCUT2D eigenvalue weighted by atomic mass is 32.2. The normalized spacial score (nSPS) is 14.3. The number of amides is 1. The van der Waals surface area contributed by atoms with E-state index in [0.29, 0.717) is 34.1 Å². The number of aryl methyl sites for hydroxylation is 3. The second-order valence-corrected chi connectivity index (χ2v) is 11.6. The molecule has 2 heterocycles. The quantitative estimate of drug-likeness (QED) is 0.145. The molecule has 5 rings (SSSR count). The summed E-state index contributed by atoms with van der Waals surface area (Å²) in [5.41, 5.74) is 5.59. The first-order valence-corrected chi connectivity index (χ1v) is 15.8. The van der Waals surface area contributed by atoms with E-state index in [2.05, 4.69) is 32.1 Å². The van der Waals surface area contributed by atoms with Crippen molar-refractivity contribution >= 4 is 45.9 Å². The Labute approximate surface area is 268 Å². The van der Waals surface area contributed by atoms with Crippen LogP contribution in [0.2, 0.25) is 0 Å². The van der Waals surface area contributed by atoms with Gasteiger partial charge in [-0.2, -0.15) is 4.99 Å². The predicted octanol–water partition coefficient (Wildman–Crippen LogP) is 7.04. The van der Waals surface area contributed by atoms with Crippen molar-refractivity contribution in [1.82, 2.24) is 20.1 Å². The third-order valence-electron chi connectivity index (χ3n) is 7.10. The zero-order chi connectivity index (χ0) is 32.0. The molecule has 1 saturated heterocycles. The molecule has 1 amide bonds. The van der Waals surface area contributed by atoms with Gasteiger partial charge in [0.15, 0.2) is 16.1 Å². The molecule has 0 atom stereocenters. The Bertz CT molecular complexity index is 1690. The van der Waals surface area contributed by atoms with Crippen LogP contribution in [-0.2, 0) is 17.6 Å². The number of carbonyl (C=O) groups excluding carboxylic acids is 1. The van der Waals surface area contributed by atoms with Crippen LogP contribution in [-0.4, -0.2) is 49.6 Å². The average molecular weight is 653 g/mol. The number of rotatable bonds is 10. The number of nitrogens with zero attached hydrogens (tertiary/aromatic N) is 5. The molecule has 0 saturated carbocycles. The van der Waals surface area contributed by atoms with Crippen LogP contribution in [0.15, 0.2) is 78.0 Å². The topological polar surface area (TPSA) is 84.6 Å². The molecule has 0 aliphatic carbocycles. The Morgan fingerprint density at radius 2 is 1.84 bits per heavy atom. The Kier molecular flexibility index (Phi) is 10.2. The Hall–Kier alpha value is -4.23. The van der Waals surface area contributed by atoms with Crippen LogP contribution in [0.4, 0.5) is 18.9 Å². The van der Waals surface area contributed by atoms with Crippen LogP contribution in [0.1, 0.15) is 36.5 Å². The molecule has 1 fully saturated rings. The van der Waals surface area contributed by atoms with E-state index >= 15 is 0 Å². The lowest BCUT2D eigenvalue weighted by molar-refractivity contribution is -0.274. The summed E-state index contributed by atoms with van der Waals surface area (Å²) < 4.78 is 42.6. The number of halogens is 3. The third-order valence-corrected chi connectivity index (χ3v) is 8.25. The van der Waals surface area contributed by atoms with Crippen LogP contribution in [0.25, 0.3) is 17.1 Å². The maximum atomic E-state index is 12.7. The number of alkyl halides is 3. The number of hydrogen-bond acceptors (Lipinski definition) is 6. The summed E-state index contributed by atoms with van der Waals surface area (Å²) in [4.78, 5) is 23.4. The van der Waals surface area contributed by atoms with Crippen molar-refractivity contribution in [2.24, 2.45) is 4.99 Å². The van der Waals surface area contributed by atoms with Gasteiger partial charge in [0.05, 0.1) is 17.1 Å². The number of aliphatic imine (C=N–C) groups is 1. The maximum Gasteiger partial charge on any atom is 0.573 e. The third kappa shape index (κ3) is 8.28. The number of anilines is 1. The van der Waals surface area contributed by atoms with Crippen molar-refractivity contribution in [3.05, 3.63) is 89.7 Å². The lowest BCUT2D eigenvalue weighted by Crippen LogP contribution is -2.32. The van der Waals surface area contributed by atoms with E-state index in [1.807, 2.05) is 49.4 Å². The monoisotopic (exact) mass is 652 g/mol. The van der Waals surface area contributed by atoms with E-state index < -0.39 is 6.36 Å². The summed E-state index contributed by atoms with van der Waals surface area (Å²) >= 11 is 6.88. The molecule has 1 aromatic heterocycles. The molecule has 8 nitrogen and oxygen atoms in total. The Morgan fingerprint density at radius 3 is 2.56 bits per heavy atom. The Balaban J connectivity index is 1.09. The predicted molar refractivity (Wildman–Crippen MR) is 175 cm³/mol. The zero-order valence-electron chi connectivity index (χ0n) is 24.7. The number of benzene rings is 3. The van der Waals surface area contributed by atoms with E-state index in [9.17, 15) is 18.0 Å².